The second kappa shape index (κ2) is 4.34. The standard InChI is InChI=1S/C14H20N4O/c19-14(10-8-9-3-4-11(10)16-9)17-12-2-1-7-18-13(12)5-6-15-18/h5-6,9-12,16H,1-4,7-8H2,(H,17,19). The van der Waals surface area contributed by atoms with E-state index in [2.05, 4.69) is 15.7 Å². The highest BCUT2D eigenvalue weighted by Gasteiger charge is 2.43. The molecule has 4 atom stereocenters. The number of carbonyl (C=O) groups excluding carboxylic acids is 1. The van der Waals surface area contributed by atoms with Gasteiger partial charge in [0, 0.05) is 24.8 Å². The summed E-state index contributed by atoms with van der Waals surface area (Å²) in [7, 11) is 0. The number of hydrogen-bond acceptors (Lipinski definition) is 3. The number of amides is 1. The lowest BCUT2D eigenvalue weighted by Crippen LogP contribution is -2.40. The van der Waals surface area contributed by atoms with Gasteiger partial charge < -0.3 is 10.6 Å². The normalized spacial score (nSPS) is 36.2. The van der Waals surface area contributed by atoms with Gasteiger partial charge in [-0.1, -0.05) is 0 Å². The van der Waals surface area contributed by atoms with Gasteiger partial charge in [0.2, 0.25) is 5.91 Å². The van der Waals surface area contributed by atoms with Crippen LogP contribution in [0.25, 0.3) is 0 Å². The summed E-state index contributed by atoms with van der Waals surface area (Å²) in [5, 5.41) is 11.1. The van der Waals surface area contributed by atoms with E-state index < -0.39 is 0 Å². The van der Waals surface area contributed by atoms with Crippen molar-refractivity contribution in [3.63, 3.8) is 0 Å². The highest BCUT2D eigenvalue weighted by molar-refractivity contribution is 5.80. The van der Waals surface area contributed by atoms with E-state index in [0.717, 1.165) is 37.9 Å². The maximum absolute atomic E-state index is 12.5. The van der Waals surface area contributed by atoms with Gasteiger partial charge in [-0.3, -0.25) is 9.48 Å². The Labute approximate surface area is 112 Å². The van der Waals surface area contributed by atoms with Crippen LogP contribution in [0.1, 0.15) is 43.8 Å². The molecule has 0 radical (unpaired) electrons. The maximum atomic E-state index is 12.5. The number of hydrogen-bond donors (Lipinski definition) is 2. The van der Waals surface area contributed by atoms with Crippen LogP contribution in [0.4, 0.5) is 0 Å². The third kappa shape index (κ3) is 1.87. The molecule has 0 aliphatic carbocycles. The molecule has 19 heavy (non-hydrogen) atoms. The summed E-state index contributed by atoms with van der Waals surface area (Å²) in [6, 6.07) is 3.18. The Morgan fingerprint density at radius 2 is 2.37 bits per heavy atom. The molecule has 0 saturated carbocycles. The van der Waals surface area contributed by atoms with Gasteiger partial charge in [0.15, 0.2) is 0 Å². The lowest BCUT2D eigenvalue weighted by molar-refractivity contribution is -0.126. The van der Waals surface area contributed by atoms with Crippen molar-refractivity contribution in [3.8, 4) is 0 Å². The zero-order valence-electron chi connectivity index (χ0n) is 11.0. The Morgan fingerprint density at radius 1 is 1.42 bits per heavy atom. The van der Waals surface area contributed by atoms with E-state index in [1.54, 1.807) is 0 Å². The molecule has 4 heterocycles. The molecule has 1 amide bonds. The molecule has 2 bridgehead atoms. The zero-order valence-corrected chi connectivity index (χ0v) is 11.0. The molecule has 1 aromatic heterocycles. The molecule has 5 nitrogen and oxygen atoms in total. The average molecular weight is 260 g/mol. The number of carbonyl (C=O) groups is 1. The summed E-state index contributed by atoms with van der Waals surface area (Å²) in [6.07, 6.45) is 7.37. The number of rotatable bonds is 2. The van der Waals surface area contributed by atoms with E-state index in [4.69, 9.17) is 0 Å². The largest absolute Gasteiger partial charge is 0.347 e. The van der Waals surface area contributed by atoms with Crippen molar-refractivity contribution in [2.45, 2.75) is 56.8 Å². The first-order valence-electron chi connectivity index (χ1n) is 7.39. The predicted molar refractivity (Wildman–Crippen MR) is 70.4 cm³/mol. The Hall–Kier alpha value is -1.36. The van der Waals surface area contributed by atoms with Crippen molar-refractivity contribution >= 4 is 5.91 Å². The highest BCUT2D eigenvalue weighted by atomic mass is 16.2. The Morgan fingerprint density at radius 3 is 3.16 bits per heavy atom. The summed E-state index contributed by atoms with van der Waals surface area (Å²) in [4.78, 5) is 12.5. The number of nitrogens with one attached hydrogen (secondary N) is 2. The van der Waals surface area contributed by atoms with E-state index in [-0.39, 0.29) is 17.9 Å². The molecule has 2 N–H and O–H groups in total. The monoisotopic (exact) mass is 260 g/mol. The van der Waals surface area contributed by atoms with Gasteiger partial charge in [-0.2, -0.15) is 5.10 Å². The summed E-state index contributed by atoms with van der Waals surface area (Å²) < 4.78 is 2.02. The van der Waals surface area contributed by atoms with Crippen molar-refractivity contribution in [2.24, 2.45) is 5.92 Å². The van der Waals surface area contributed by atoms with Crippen LogP contribution < -0.4 is 10.6 Å². The second-order valence-electron chi connectivity index (χ2n) is 6.07. The van der Waals surface area contributed by atoms with Gasteiger partial charge in [0.25, 0.3) is 0 Å². The molecule has 4 rings (SSSR count). The van der Waals surface area contributed by atoms with Crippen molar-refractivity contribution in [1.82, 2.24) is 20.4 Å². The molecule has 4 unspecified atom stereocenters. The zero-order chi connectivity index (χ0) is 12.8. The summed E-state index contributed by atoms with van der Waals surface area (Å²) >= 11 is 0. The van der Waals surface area contributed by atoms with Crippen molar-refractivity contribution in [1.29, 1.82) is 0 Å². The summed E-state index contributed by atoms with van der Waals surface area (Å²) in [6.45, 7) is 0.977. The number of aryl methyl sites for hydroxylation is 1. The average Bonchev–Trinajstić information content (AvgIpc) is 3.14. The molecule has 0 aromatic carbocycles. The summed E-state index contributed by atoms with van der Waals surface area (Å²) in [5.74, 6) is 0.413. The first kappa shape index (κ1) is 11.5. The molecule has 5 heteroatoms. The molecule has 2 fully saturated rings. The van der Waals surface area contributed by atoms with Gasteiger partial charge >= 0.3 is 0 Å². The van der Waals surface area contributed by atoms with Crippen LogP contribution in [0.5, 0.6) is 0 Å². The van der Waals surface area contributed by atoms with E-state index in [0.29, 0.717) is 12.1 Å². The minimum atomic E-state index is 0.155. The topological polar surface area (TPSA) is 59.0 Å². The van der Waals surface area contributed by atoms with Crippen LogP contribution in [0, 0.1) is 5.92 Å². The van der Waals surface area contributed by atoms with Crippen LogP contribution in [0.2, 0.25) is 0 Å². The van der Waals surface area contributed by atoms with Gasteiger partial charge in [-0.05, 0) is 38.2 Å². The van der Waals surface area contributed by atoms with Gasteiger partial charge in [-0.15, -0.1) is 0 Å². The lowest BCUT2D eigenvalue weighted by Gasteiger charge is -2.27. The molecular weight excluding hydrogens is 240 g/mol. The lowest BCUT2D eigenvalue weighted by atomic mass is 9.88. The smallest absolute Gasteiger partial charge is 0.225 e. The van der Waals surface area contributed by atoms with Crippen molar-refractivity contribution < 1.29 is 4.79 Å². The van der Waals surface area contributed by atoms with Gasteiger partial charge in [0.05, 0.1) is 17.7 Å². The number of aromatic nitrogens is 2. The number of fused-ring (bicyclic) bond motifs is 3. The van der Waals surface area contributed by atoms with Crippen molar-refractivity contribution in [3.05, 3.63) is 18.0 Å². The van der Waals surface area contributed by atoms with Crippen LogP contribution in [-0.4, -0.2) is 27.8 Å². The van der Waals surface area contributed by atoms with Crippen molar-refractivity contribution in [2.75, 3.05) is 0 Å². The predicted octanol–water partition coefficient (Wildman–Crippen LogP) is 0.975. The molecule has 102 valence electrons. The van der Waals surface area contributed by atoms with Crippen LogP contribution in [-0.2, 0) is 11.3 Å². The van der Waals surface area contributed by atoms with E-state index in [9.17, 15) is 4.79 Å². The molecular formula is C14H20N4O. The quantitative estimate of drug-likeness (QED) is 0.833. The van der Waals surface area contributed by atoms with Gasteiger partial charge in [0.1, 0.15) is 0 Å². The Balaban J connectivity index is 1.46. The van der Waals surface area contributed by atoms with E-state index >= 15 is 0 Å². The van der Waals surface area contributed by atoms with Gasteiger partial charge in [-0.25, -0.2) is 0 Å². The Bertz CT molecular complexity index is 497. The first-order valence-corrected chi connectivity index (χ1v) is 7.39. The second-order valence-corrected chi connectivity index (χ2v) is 6.07. The maximum Gasteiger partial charge on any atom is 0.225 e. The molecule has 3 aliphatic heterocycles. The van der Waals surface area contributed by atoms with E-state index in [1.165, 1.54) is 6.42 Å². The SMILES string of the molecule is O=C(NC1CCCn2nccc21)C1CC2CCC1N2. The fraction of sp³-hybridized carbons (Fsp3) is 0.714. The molecule has 1 aromatic rings. The Kier molecular flexibility index (Phi) is 2.62. The van der Waals surface area contributed by atoms with Crippen LogP contribution in [0.3, 0.4) is 0 Å². The third-order valence-corrected chi connectivity index (χ3v) is 4.92. The first-order chi connectivity index (χ1) is 9.31. The molecule has 2 saturated heterocycles. The van der Waals surface area contributed by atoms with Crippen LogP contribution in [0.15, 0.2) is 12.3 Å². The molecule has 3 aliphatic rings. The summed E-state index contributed by atoms with van der Waals surface area (Å²) in [5.41, 5.74) is 1.16. The third-order valence-electron chi connectivity index (χ3n) is 4.92. The molecule has 0 spiro atoms. The van der Waals surface area contributed by atoms with E-state index in [1.807, 2.05) is 16.9 Å². The fourth-order valence-corrected chi connectivity index (χ4v) is 3.96. The van der Waals surface area contributed by atoms with Crippen LogP contribution >= 0.6 is 0 Å². The minimum Gasteiger partial charge on any atom is -0.347 e. The minimum absolute atomic E-state index is 0.155. The fourth-order valence-electron chi connectivity index (χ4n) is 3.96. The highest BCUT2D eigenvalue weighted by Crippen LogP contribution is 2.34. The number of nitrogens with zero attached hydrogens (tertiary/aromatic N) is 2.